The quantitative estimate of drug-likeness (QED) is 0.410. The number of para-hydroxylation sites is 2. The van der Waals surface area contributed by atoms with Crippen LogP contribution in [0.5, 0.6) is 17.2 Å². The molecule has 0 fully saturated rings. The lowest BCUT2D eigenvalue weighted by Crippen LogP contribution is -2.36. The summed E-state index contributed by atoms with van der Waals surface area (Å²) in [4.78, 5) is 30.6. The minimum absolute atomic E-state index is 0.0297. The first-order valence-corrected chi connectivity index (χ1v) is 11.4. The van der Waals surface area contributed by atoms with Gasteiger partial charge in [0.25, 0.3) is 5.56 Å². The normalized spacial score (nSPS) is 12.3. The molecular weight excluding hydrogens is 465 g/mol. The smallest absolute Gasteiger partial charge is 0.322 e. The molecule has 0 saturated carbocycles. The third-order valence-electron chi connectivity index (χ3n) is 5.90. The van der Waals surface area contributed by atoms with E-state index in [1.807, 2.05) is 18.2 Å². The van der Waals surface area contributed by atoms with Crippen LogP contribution in [-0.4, -0.2) is 36.2 Å². The van der Waals surface area contributed by atoms with Crippen LogP contribution in [0, 0.1) is 5.82 Å². The first-order chi connectivity index (χ1) is 17.5. The molecule has 1 aliphatic heterocycles. The maximum Gasteiger partial charge on any atom is 0.322 e. The molecular formula is C27H24FN3O5. The molecule has 1 aliphatic rings. The van der Waals surface area contributed by atoms with Crippen molar-refractivity contribution in [1.82, 2.24) is 9.88 Å². The summed E-state index contributed by atoms with van der Waals surface area (Å²) in [5.74, 6) is 1.20. The molecule has 3 aromatic carbocycles. The summed E-state index contributed by atoms with van der Waals surface area (Å²) >= 11 is 0. The number of methoxy groups -OCH3 is 1. The number of hydrogen-bond acceptors (Lipinski definition) is 5. The van der Waals surface area contributed by atoms with E-state index in [9.17, 15) is 14.0 Å². The maximum atomic E-state index is 14.2. The van der Waals surface area contributed by atoms with Crippen molar-refractivity contribution in [2.45, 2.75) is 13.1 Å². The Kier molecular flexibility index (Phi) is 6.44. The lowest BCUT2D eigenvalue weighted by atomic mass is 10.1. The Labute approximate surface area is 206 Å². The molecule has 0 radical (unpaired) electrons. The fourth-order valence-electron chi connectivity index (χ4n) is 4.11. The van der Waals surface area contributed by atoms with Crippen LogP contribution in [0.4, 0.5) is 14.9 Å². The van der Waals surface area contributed by atoms with Gasteiger partial charge in [0, 0.05) is 22.6 Å². The van der Waals surface area contributed by atoms with Crippen molar-refractivity contribution >= 4 is 22.6 Å². The molecule has 0 saturated heterocycles. The summed E-state index contributed by atoms with van der Waals surface area (Å²) in [5, 5.41) is 3.34. The van der Waals surface area contributed by atoms with Crippen molar-refractivity contribution in [1.29, 1.82) is 0 Å². The zero-order valence-corrected chi connectivity index (χ0v) is 19.5. The van der Waals surface area contributed by atoms with Crippen LogP contribution >= 0.6 is 0 Å². The van der Waals surface area contributed by atoms with Crippen molar-refractivity contribution in [2.75, 3.05) is 25.6 Å². The number of nitrogens with zero attached hydrogens (tertiary/aromatic N) is 1. The van der Waals surface area contributed by atoms with Crippen LogP contribution in [-0.2, 0) is 13.1 Å². The van der Waals surface area contributed by atoms with Gasteiger partial charge in [0.1, 0.15) is 24.8 Å². The molecule has 0 aliphatic carbocycles. The van der Waals surface area contributed by atoms with Gasteiger partial charge in [-0.05, 0) is 30.3 Å². The summed E-state index contributed by atoms with van der Waals surface area (Å²) in [7, 11) is 1.54. The summed E-state index contributed by atoms with van der Waals surface area (Å²) in [6.45, 7) is 0.981. The van der Waals surface area contributed by atoms with Gasteiger partial charge in [-0.2, -0.15) is 0 Å². The Balaban J connectivity index is 1.49. The second kappa shape index (κ2) is 9.99. The molecule has 36 heavy (non-hydrogen) atoms. The van der Waals surface area contributed by atoms with Gasteiger partial charge in [-0.1, -0.05) is 30.3 Å². The van der Waals surface area contributed by atoms with Gasteiger partial charge in [-0.25, -0.2) is 9.18 Å². The average Bonchev–Trinajstić information content (AvgIpc) is 2.89. The number of pyridine rings is 1. The summed E-state index contributed by atoms with van der Waals surface area (Å²) < 4.78 is 30.9. The Morgan fingerprint density at radius 1 is 1.00 bits per heavy atom. The number of aromatic nitrogens is 1. The highest BCUT2D eigenvalue weighted by Crippen LogP contribution is 2.33. The summed E-state index contributed by atoms with van der Waals surface area (Å²) in [5.41, 5.74) is 1.39. The molecule has 9 heteroatoms. The molecule has 8 nitrogen and oxygen atoms in total. The van der Waals surface area contributed by atoms with Crippen LogP contribution in [0.3, 0.4) is 0 Å². The van der Waals surface area contributed by atoms with E-state index in [-0.39, 0.29) is 24.3 Å². The van der Waals surface area contributed by atoms with Crippen molar-refractivity contribution in [3.63, 3.8) is 0 Å². The largest absolute Gasteiger partial charge is 0.496 e. The highest BCUT2D eigenvalue weighted by atomic mass is 19.1. The van der Waals surface area contributed by atoms with E-state index in [1.54, 1.807) is 43.5 Å². The summed E-state index contributed by atoms with van der Waals surface area (Å²) in [6, 6.07) is 17.9. The first-order valence-electron chi connectivity index (χ1n) is 11.4. The van der Waals surface area contributed by atoms with Crippen LogP contribution in [0.25, 0.3) is 10.9 Å². The Hall–Kier alpha value is -4.53. The van der Waals surface area contributed by atoms with E-state index >= 15 is 0 Å². The third kappa shape index (κ3) is 4.81. The standard InChI is InChI=1S/C27H24FN3O5/c1-34-23-9-5-2-6-17(23)15-31(27(33)30-21-8-4-3-7-20(21)28)16-19-12-18-13-24-25(36-11-10-35-24)14-22(18)29-26(19)32/h2-9,12-14H,10-11,15-16H2,1H3,(H,29,32)(H,30,33). The maximum absolute atomic E-state index is 14.2. The number of benzene rings is 3. The predicted octanol–water partition coefficient (Wildman–Crippen LogP) is 4.68. The van der Waals surface area contributed by atoms with Gasteiger partial charge in [-0.3, -0.25) is 4.79 Å². The van der Waals surface area contributed by atoms with Gasteiger partial charge >= 0.3 is 6.03 Å². The van der Waals surface area contributed by atoms with Gasteiger partial charge in [0.05, 0.1) is 31.4 Å². The molecule has 0 bridgehead atoms. The van der Waals surface area contributed by atoms with Gasteiger partial charge in [0.15, 0.2) is 11.5 Å². The van der Waals surface area contributed by atoms with E-state index in [0.717, 1.165) is 10.9 Å². The SMILES string of the molecule is COc1ccccc1CN(Cc1cc2cc3c(cc2[nH]c1=O)OCCO3)C(=O)Nc1ccccc1F. The Morgan fingerprint density at radius 2 is 1.69 bits per heavy atom. The second-order valence-corrected chi connectivity index (χ2v) is 8.28. The fraction of sp³-hybridized carbons (Fsp3) is 0.185. The lowest BCUT2D eigenvalue weighted by Gasteiger charge is -2.24. The van der Waals surface area contributed by atoms with Gasteiger partial charge < -0.3 is 29.4 Å². The molecule has 2 heterocycles. The highest BCUT2D eigenvalue weighted by Gasteiger charge is 2.20. The number of fused-ring (bicyclic) bond motifs is 2. The van der Waals surface area contributed by atoms with Crippen molar-refractivity contribution in [3.05, 3.63) is 94.0 Å². The zero-order chi connectivity index (χ0) is 25.1. The lowest BCUT2D eigenvalue weighted by molar-refractivity contribution is 0.172. The van der Waals surface area contributed by atoms with Crippen LogP contribution in [0.1, 0.15) is 11.1 Å². The second-order valence-electron chi connectivity index (χ2n) is 8.28. The molecule has 1 aromatic heterocycles. The number of nitrogens with one attached hydrogen (secondary N) is 2. The number of ether oxygens (including phenoxy) is 3. The number of H-pyrrole nitrogens is 1. The van der Waals surface area contributed by atoms with Crippen molar-refractivity contribution in [2.24, 2.45) is 0 Å². The molecule has 2 amide bonds. The molecule has 0 spiro atoms. The van der Waals surface area contributed by atoms with Crippen molar-refractivity contribution < 1.29 is 23.4 Å². The number of rotatable bonds is 6. The monoisotopic (exact) mass is 489 g/mol. The predicted molar refractivity (Wildman–Crippen MR) is 133 cm³/mol. The van der Waals surface area contributed by atoms with Crippen molar-refractivity contribution in [3.8, 4) is 17.2 Å². The minimum atomic E-state index is -0.562. The number of amides is 2. The zero-order valence-electron chi connectivity index (χ0n) is 19.5. The van der Waals surface area contributed by atoms with E-state index in [1.165, 1.54) is 17.0 Å². The summed E-state index contributed by atoms with van der Waals surface area (Å²) in [6.07, 6.45) is 0. The number of carbonyl (C=O) groups is 1. The molecule has 2 N–H and O–H groups in total. The number of aromatic amines is 1. The Bertz CT molecular complexity index is 1490. The first kappa shape index (κ1) is 23.2. The third-order valence-corrected chi connectivity index (χ3v) is 5.90. The molecule has 5 rings (SSSR count). The average molecular weight is 490 g/mol. The minimum Gasteiger partial charge on any atom is -0.496 e. The molecule has 184 valence electrons. The van der Waals surface area contributed by atoms with E-state index < -0.39 is 11.8 Å². The number of anilines is 1. The fourth-order valence-corrected chi connectivity index (χ4v) is 4.11. The van der Waals surface area contributed by atoms with E-state index in [4.69, 9.17) is 14.2 Å². The number of carbonyl (C=O) groups excluding carboxylic acids is 1. The van der Waals surface area contributed by atoms with Gasteiger partial charge in [-0.15, -0.1) is 0 Å². The molecule has 0 atom stereocenters. The number of halogens is 1. The highest BCUT2D eigenvalue weighted by molar-refractivity contribution is 5.89. The van der Waals surface area contributed by atoms with Crippen LogP contribution < -0.4 is 25.1 Å². The van der Waals surface area contributed by atoms with Gasteiger partial charge in [0.2, 0.25) is 0 Å². The van der Waals surface area contributed by atoms with E-state index in [2.05, 4.69) is 10.3 Å². The number of urea groups is 1. The molecule has 4 aromatic rings. The number of hydrogen-bond donors (Lipinski definition) is 2. The topological polar surface area (TPSA) is 92.9 Å². The van der Waals surface area contributed by atoms with Crippen LogP contribution in [0.2, 0.25) is 0 Å². The van der Waals surface area contributed by atoms with E-state index in [0.29, 0.717) is 41.5 Å². The molecule has 0 unspecified atom stereocenters. The van der Waals surface area contributed by atoms with Crippen LogP contribution in [0.15, 0.2) is 71.5 Å². The Morgan fingerprint density at radius 3 is 2.47 bits per heavy atom.